The van der Waals surface area contributed by atoms with Crippen molar-refractivity contribution in [1.29, 1.82) is 0 Å². The van der Waals surface area contributed by atoms with E-state index in [1.165, 1.54) is 39.6 Å². The Morgan fingerprint density at radius 2 is 1.35 bits per heavy atom. The predicted molar refractivity (Wildman–Crippen MR) is 169 cm³/mol. The maximum atomic E-state index is 12.0. The number of anilines is 2. The molecule has 5 nitrogen and oxygen atoms in total. The van der Waals surface area contributed by atoms with Crippen LogP contribution in [0.4, 0.5) is 17.1 Å². The molecule has 3 aromatic carbocycles. The first-order valence-corrected chi connectivity index (χ1v) is 19.6. The van der Waals surface area contributed by atoms with E-state index in [1.807, 2.05) is 28.9 Å². The van der Waals surface area contributed by atoms with Crippen molar-refractivity contribution in [1.82, 2.24) is 0 Å². The van der Waals surface area contributed by atoms with Crippen LogP contribution in [-0.2, 0) is 21.4 Å². The topological polar surface area (TPSA) is 45.1 Å². The Morgan fingerprint density at radius 3 is 1.82 bits per heavy atom. The molecule has 1 fully saturated rings. The van der Waals surface area contributed by atoms with Crippen LogP contribution in [0.5, 0.6) is 0 Å². The van der Waals surface area contributed by atoms with Crippen molar-refractivity contribution >= 4 is 57.6 Å². The molecule has 40 heavy (non-hydrogen) atoms. The third-order valence-electron chi connectivity index (χ3n) is 6.77. The fourth-order valence-electron chi connectivity index (χ4n) is 5.56. The molecule has 8 heteroatoms. The monoisotopic (exact) mass is 667 g/mol. The molecule has 1 saturated heterocycles. The number of hydrogen-bond donors (Lipinski definition) is 0. The van der Waals surface area contributed by atoms with Gasteiger partial charge >= 0.3 is 249 Å². The molecule has 0 amide bonds. The molecule has 0 aromatic heterocycles. The summed E-state index contributed by atoms with van der Waals surface area (Å²) in [5, 5.41) is 0. The number of rotatable bonds is 6. The van der Waals surface area contributed by atoms with Gasteiger partial charge in [-0.05, 0) is 0 Å². The third kappa shape index (κ3) is 6.46. The van der Waals surface area contributed by atoms with Gasteiger partial charge in [-0.15, -0.1) is 0 Å². The zero-order valence-electron chi connectivity index (χ0n) is 24.2. The fraction of sp³-hybridized carbons (Fsp3) is 0.312. The van der Waals surface area contributed by atoms with Crippen molar-refractivity contribution in [3.63, 3.8) is 0 Å². The first-order valence-electron chi connectivity index (χ1n) is 13.3. The number of nitrogens with zero attached hydrogens (tertiary/aromatic N) is 3. The zero-order chi connectivity index (χ0) is 29.2. The second-order valence-electron chi connectivity index (χ2n) is 10.2. The number of carbonyl (C=O) groups excluding carboxylic acids is 1. The van der Waals surface area contributed by atoms with E-state index in [0.29, 0.717) is 12.3 Å². The van der Waals surface area contributed by atoms with Crippen molar-refractivity contribution in [3.8, 4) is 0 Å². The fourth-order valence-corrected chi connectivity index (χ4v) is 11.6. The zero-order valence-corrected chi connectivity index (χ0v) is 27.4. The van der Waals surface area contributed by atoms with Gasteiger partial charge in [0, 0.05) is 0 Å². The van der Waals surface area contributed by atoms with Gasteiger partial charge < -0.3 is 0 Å². The third-order valence-corrected chi connectivity index (χ3v) is 12.2. The molecule has 3 aromatic rings. The number of hydrogen-bond acceptors (Lipinski definition) is 5. The summed E-state index contributed by atoms with van der Waals surface area (Å²) >= 11 is -3.75. The molecule has 0 atom stereocenters. The van der Waals surface area contributed by atoms with Crippen molar-refractivity contribution in [2.45, 2.75) is 48.5 Å². The van der Waals surface area contributed by atoms with Crippen LogP contribution in [-0.4, -0.2) is 40.8 Å². The number of halogens is 2. The quantitative estimate of drug-likeness (QED) is 0.155. The van der Waals surface area contributed by atoms with E-state index in [1.54, 1.807) is 6.92 Å². The average Bonchev–Trinajstić information content (AvgIpc) is 3.27. The average molecular weight is 668 g/mol. The van der Waals surface area contributed by atoms with Crippen LogP contribution < -0.4 is 9.80 Å². The first-order chi connectivity index (χ1) is 18.9. The van der Waals surface area contributed by atoms with E-state index in [0.717, 1.165) is 34.4 Å². The Kier molecular flexibility index (Phi) is 9.45. The summed E-state index contributed by atoms with van der Waals surface area (Å²) in [5.41, 5.74) is 10.9. The van der Waals surface area contributed by atoms with Gasteiger partial charge in [0.15, 0.2) is 0 Å². The van der Waals surface area contributed by atoms with Gasteiger partial charge in [-0.2, -0.15) is 0 Å². The molecule has 1 aliphatic heterocycles. The minimum atomic E-state index is -3.75. The minimum absolute atomic E-state index is 0.291. The van der Waals surface area contributed by atoms with E-state index in [4.69, 9.17) is 24.1 Å². The number of aliphatic imine (C=N–C) groups is 1. The van der Waals surface area contributed by atoms with Gasteiger partial charge in [0.2, 0.25) is 0 Å². The van der Waals surface area contributed by atoms with Crippen LogP contribution in [0.1, 0.15) is 45.9 Å². The van der Waals surface area contributed by atoms with Gasteiger partial charge in [-0.3, -0.25) is 0 Å². The van der Waals surface area contributed by atoms with Crippen molar-refractivity contribution < 1.29 is 21.4 Å². The van der Waals surface area contributed by atoms with Crippen LogP contribution in [0, 0.1) is 41.5 Å². The first kappa shape index (κ1) is 30.3. The summed E-state index contributed by atoms with van der Waals surface area (Å²) in [6, 6.07) is 16.4. The molecule has 0 N–H and O–H groups in total. The van der Waals surface area contributed by atoms with Crippen molar-refractivity contribution in [3.05, 3.63) is 87.5 Å². The molecule has 0 aliphatic carbocycles. The molecule has 218 valence electrons. The summed E-state index contributed by atoms with van der Waals surface area (Å²) < 4.78 is 7.94. The van der Waals surface area contributed by atoms with E-state index >= 15 is 0 Å². The summed E-state index contributed by atoms with van der Waals surface area (Å²) in [6.45, 7) is 16.4. The number of esters is 1. The van der Waals surface area contributed by atoms with Gasteiger partial charge in [-0.25, -0.2) is 0 Å². The molecule has 1 heterocycles. The SMILES string of the molecule is CCOC(=O)C=Nc1ccccc1[CH]=[Ru-4]([Cl])([Cl])=[C]1N(c2c(C)cc(C)cc2C)CCN1c1c(C)cc(C)cc1C. The molecule has 0 unspecified atom stereocenters. The molecule has 1 aliphatic rings. The number of ether oxygens (including phenoxy) is 1. The number of benzene rings is 3. The molecule has 0 radical (unpaired) electrons. The van der Waals surface area contributed by atoms with Crippen LogP contribution in [0.25, 0.3) is 0 Å². The maximum absolute atomic E-state index is 12.0. The Morgan fingerprint density at radius 1 is 0.875 bits per heavy atom. The molecular weight excluding hydrogens is 630 g/mol. The second-order valence-corrected chi connectivity index (χ2v) is 19.4. The van der Waals surface area contributed by atoms with Gasteiger partial charge in [0.25, 0.3) is 0 Å². The summed E-state index contributed by atoms with van der Waals surface area (Å²) in [6.07, 6.45) is 1.20. The van der Waals surface area contributed by atoms with Crippen molar-refractivity contribution in [2.75, 3.05) is 29.5 Å². The Hall–Kier alpha value is -2.66. The molecule has 0 saturated carbocycles. The Balaban J connectivity index is 2.00. The second kappa shape index (κ2) is 12.5. The summed E-state index contributed by atoms with van der Waals surface area (Å²) in [4.78, 5) is 21.0. The standard InChI is InChI=1S/C21H26N2.C11H11NO2.2ClH.Ru/c1-14-9-16(3)20(17(4)10-14)22-7-8-23(13-22)21-18(5)11-15(2)12-19(21)6;1-3-14-11(13)8-12-10-7-5-4-6-9(10)2;;;/h9-12H,7-8H2,1-6H3;2,4-8H,3H2,1H3;2*1H;/q;;;;-2/p-2. The van der Waals surface area contributed by atoms with Crippen LogP contribution >= 0.6 is 19.4 Å². The molecule has 0 bridgehead atoms. The van der Waals surface area contributed by atoms with Crippen LogP contribution in [0.15, 0.2) is 53.5 Å². The van der Waals surface area contributed by atoms with Crippen molar-refractivity contribution in [2.24, 2.45) is 4.99 Å². The molecule has 0 spiro atoms. The van der Waals surface area contributed by atoms with E-state index in [-0.39, 0.29) is 0 Å². The van der Waals surface area contributed by atoms with E-state index < -0.39 is 17.9 Å². The van der Waals surface area contributed by atoms with Gasteiger partial charge in [0.05, 0.1) is 0 Å². The number of carbonyl (C=O) groups is 1. The molecular formula is C32H37Cl2N3O2Ru-4. The Labute approximate surface area is 248 Å². The normalized spacial score (nSPS) is 14.3. The van der Waals surface area contributed by atoms with Crippen LogP contribution in [0.2, 0.25) is 0 Å². The van der Waals surface area contributed by atoms with Crippen LogP contribution in [0.3, 0.4) is 0 Å². The van der Waals surface area contributed by atoms with Gasteiger partial charge in [-0.1, -0.05) is 0 Å². The number of para-hydroxylation sites is 1. The summed E-state index contributed by atoms with van der Waals surface area (Å²) in [7, 11) is 15.1. The number of aryl methyl sites for hydroxylation is 6. The van der Waals surface area contributed by atoms with E-state index in [2.05, 4.69) is 80.6 Å². The van der Waals surface area contributed by atoms with E-state index in [9.17, 15) is 4.79 Å². The predicted octanol–water partition coefficient (Wildman–Crippen LogP) is 7.53. The van der Waals surface area contributed by atoms with Gasteiger partial charge in [0.1, 0.15) is 0 Å². The Bertz CT molecular complexity index is 1500. The summed E-state index contributed by atoms with van der Waals surface area (Å²) in [5.74, 6) is -0.488. The molecule has 4 rings (SSSR count).